The molecule has 0 aliphatic heterocycles. The molecule has 0 aliphatic carbocycles. The topological polar surface area (TPSA) is 54.4 Å². The Morgan fingerprint density at radius 2 is 2.35 bits per heavy atom. The first-order valence-electron chi connectivity index (χ1n) is 5.23. The van der Waals surface area contributed by atoms with Crippen molar-refractivity contribution in [2.24, 2.45) is 4.99 Å². The van der Waals surface area contributed by atoms with Gasteiger partial charge in [-0.1, -0.05) is 19.1 Å². The van der Waals surface area contributed by atoms with Gasteiger partial charge in [0.2, 0.25) is 0 Å². The Hall–Kier alpha value is -1.49. The first-order valence-corrected chi connectivity index (χ1v) is 6.03. The predicted molar refractivity (Wildman–Crippen MR) is 72.2 cm³/mol. The molecule has 0 aliphatic rings. The number of hydrogen-bond acceptors (Lipinski definition) is 3. The summed E-state index contributed by atoms with van der Waals surface area (Å²) in [4.78, 5) is 19.8. The number of pyridine rings is 1. The van der Waals surface area contributed by atoms with Crippen LogP contribution in [0, 0.1) is 0 Å². The molecule has 90 valence electrons. The molecule has 5 heteroatoms. The van der Waals surface area contributed by atoms with Gasteiger partial charge in [0.25, 0.3) is 5.91 Å². The van der Waals surface area contributed by atoms with Crippen molar-refractivity contribution in [3.8, 4) is 0 Å². The fraction of sp³-hybridized carbons (Fsp3) is 0.250. The smallest absolute Gasteiger partial charge is 0.274 e. The fourth-order valence-electron chi connectivity index (χ4n) is 1.22. The SMILES string of the molecule is CC/C=C(\C=NC)NC(=O)c1cccc(Br)n1. The van der Waals surface area contributed by atoms with E-state index in [0.717, 1.165) is 6.42 Å². The molecule has 0 atom stereocenters. The molecular formula is C12H14BrN3O. The zero-order valence-corrected chi connectivity index (χ0v) is 11.4. The average molecular weight is 296 g/mol. The highest BCUT2D eigenvalue weighted by Gasteiger charge is 2.08. The maximum atomic E-state index is 11.9. The molecule has 17 heavy (non-hydrogen) atoms. The molecule has 0 aromatic carbocycles. The number of hydrogen-bond donors (Lipinski definition) is 1. The van der Waals surface area contributed by atoms with Crippen LogP contribution in [0.15, 0.2) is 39.6 Å². The Morgan fingerprint density at radius 1 is 1.59 bits per heavy atom. The van der Waals surface area contributed by atoms with Crippen LogP contribution in [0.4, 0.5) is 0 Å². The number of carbonyl (C=O) groups excluding carboxylic acids is 1. The third-order valence-electron chi connectivity index (χ3n) is 1.90. The molecule has 0 bridgehead atoms. The summed E-state index contributed by atoms with van der Waals surface area (Å²) in [5.41, 5.74) is 1.05. The van der Waals surface area contributed by atoms with Gasteiger partial charge < -0.3 is 5.32 Å². The van der Waals surface area contributed by atoms with E-state index in [2.05, 4.69) is 31.2 Å². The molecule has 1 amide bonds. The minimum Gasteiger partial charge on any atom is -0.320 e. The minimum atomic E-state index is -0.245. The second kappa shape index (κ2) is 6.96. The molecule has 1 N–H and O–H groups in total. The first kappa shape index (κ1) is 13.6. The normalized spacial score (nSPS) is 11.8. The number of nitrogens with zero attached hydrogens (tertiary/aromatic N) is 2. The molecule has 1 rings (SSSR count). The lowest BCUT2D eigenvalue weighted by atomic mass is 10.3. The monoisotopic (exact) mass is 295 g/mol. The highest BCUT2D eigenvalue weighted by Crippen LogP contribution is 2.06. The summed E-state index contributed by atoms with van der Waals surface area (Å²) >= 11 is 3.23. The highest BCUT2D eigenvalue weighted by molar-refractivity contribution is 9.10. The summed E-state index contributed by atoms with van der Waals surface area (Å²) in [5.74, 6) is -0.245. The van der Waals surface area contributed by atoms with E-state index in [1.807, 2.05) is 13.0 Å². The summed E-state index contributed by atoms with van der Waals surface area (Å²) in [5, 5.41) is 2.75. The molecule has 0 radical (unpaired) electrons. The van der Waals surface area contributed by atoms with Gasteiger partial charge in [-0.25, -0.2) is 4.98 Å². The molecule has 1 heterocycles. The molecule has 1 aromatic rings. The van der Waals surface area contributed by atoms with Crippen molar-refractivity contribution in [1.82, 2.24) is 10.3 Å². The quantitative estimate of drug-likeness (QED) is 0.686. The Morgan fingerprint density at radius 3 is 2.94 bits per heavy atom. The van der Waals surface area contributed by atoms with E-state index in [4.69, 9.17) is 0 Å². The van der Waals surface area contributed by atoms with Crippen LogP contribution in [0.5, 0.6) is 0 Å². The molecule has 0 spiro atoms. The van der Waals surface area contributed by atoms with Crippen LogP contribution in [0.1, 0.15) is 23.8 Å². The van der Waals surface area contributed by atoms with E-state index in [1.54, 1.807) is 31.5 Å². The lowest BCUT2D eigenvalue weighted by Gasteiger charge is -2.05. The predicted octanol–water partition coefficient (Wildman–Crippen LogP) is 2.57. The summed E-state index contributed by atoms with van der Waals surface area (Å²) in [6.07, 6.45) is 4.33. The van der Waals surface area contributed by atoms with E-state index < -0.39 is 0 Å². The van der Waals surface area contributed by atoms with Crippen molar-refractivity contribution in [2.75, 3.05) is 7.05 Å². The molecule has 0 saturated carbocycles. The van der Waals surface area contributed by atoms with E-state index in [9.17, 15) is 4.79 Å². The van der Waals surface area contributed by atoms with Gasteiger partial charge in [0.1, 0.15) is 10.3 Å². The number of allylic oxidation sites excluding steroid dienone is 2. The van der Waals surface area contributed by atoms with Crippen molar-refractivity contribution in [3.05, 3.63) is 40.3 Å². The van der Waals surface area contributed by atoms with Gasteiger partial charge in [-0.3, -0.25) is 9.79 Å². The number of amides is 1. The third kappa shape index (κ3) is 4.48. The van der Waals surface area contributed by atoms with Gasteiger partial charge >= 0.3 is 0 Å². The van der Waals surface area contributed by atoms with E-state index in [-0.39, 0.29) is 5.91 Å². The lowest BCUT2D eigenvalue weighted by molar-refractivity contribution is 0.0963. The van der Waals surface area contributed by atoms with Gasteiger partial charge in [-0.05, 0) is 34.5 Å². The number of nitrogens with one attached hydrogen (secondary N) is 1. The summed E-state index contributed by atoms with van der Waals surface area (Å²) in [6, 6.07) is 5.20. The summed E-state index contributed by atoms with van der Waals surface area (Å²) in [7, 11) is 1.66. The van der Waals surface area contributed by atoms with Crippen LogP contribution in [-0.4, -0.2) is 24.2 Å². The van der Waals surface area contributed by atoms with Crippen molar-refractivity contribution in [2.45, 2.75) is 13.3 Å². The van der Waals surface area contributed by atoms with Crippen LogP contribution >= 0.6 is 15.9 Å². The fourth-order valence-corrected chi connectivity index (χ4v) is 1.57. The Balaban J connectivity index is 2.81. The van der Waals surface area contributed by atoms with E-state index in [0.29, 0.717) is 16.0 Å². The van der Waals surface area contributed by atoms with Crippen LogP contribution in [0.2, 0.25) is 0 Å². The van der Waals surface area contributed by atoms with Gasteiger partial charge in [0, 0.05) is 13.3 Å². The standard InChI is InChI=1S/C12H14BrN3O/c1-3-5-9(8-14-2)15-12(17)10-6-4-7-11(13)16-10/h4-8H,3H2,1-2H3,(H,15,17)/b9-5+,14-8?. The maximum Gasteiger partial charge on any atom is 0.274 e. The summed E-state index contributed by atoms with van der Waals surface area (Å²) in [6.45, 7) is 1.99. The third-order valence-corrected chi connectivity index (χ3v) is 2.34. The van der Waals surface area contributed by atoms with Gasteiger partial charge in [-0.2, -0.15) is 0 Å². The number of carbonyl (C=O) groups is 1. The number of halogens is 1. The zero-order valence-electron chi connectivity index (χ0n) is 9.77. The van der Waals surface area contributed by atoms with Gasteiger partial charge in [0.15, 0.2) is 0 Å². The summed E-state index contributed by atoms with van der Waals surface area (Å²) < 4.78 is 0.635. The molecule has 0 fully saturated rings. The van der Waals surface area contributed by atoms with Gasteiger partial charge in [-0.15, -0.1) is 0 Å². The van der Waals surface area contributed by atoms with Crippen molar-refractivity contribution in [3.63, 3.8) is 0 Å². The van der Waals surface area contributed by atoms with E-state index >= 15 is 0 Å². The Labute approximate surface area is 109 Å². The first-order chi connectivity index (χ1) is 8.17. The van der Waals surface area contributed by atoms with Crippen LogP contribution in [-0.2, 0) is 0 Å². The Bertz CT molecular complexity index is 455. The molecule has 0 saturated heterocycles. The van der Waals surface area contributed by atoms with Crippen LogP contribution in [0.3, 0.4) is 0 Å². The molecule has 0 unspecified atom stereocenters. The van der Waals surface area contributed by atoms with E-state index in [1.165, 1.54) is 0 Å². The lowest BCUT2D eigenvalue weighted by Crippen LogP contribution is -2.24. The number of aliphatic imine (C=N–C) groups is 1. The molecule has 4 nitrogen and oxygen atoms in total. The van der Waals surface area contributed by atoms with Crippen LogP contribution in [0.25, 0.3) is 0 Å². The zero-order chi connectivity index (χ0) is 12.7. The van der Waals surface area contributed by atoms with Gasteiger partial charge in [0.05, 0.1) is 5.70 Å². The minimum absolute atomic E-state index is 0.245. The largest absolute Gasteiger partial charge is 0.320 e. The average Bonchev–Trinajstić information content (AvgIpc) is 2.29. The Kier molecular flexibility index (Phi) is 5.56. The van der Waals surface area contributed by atoms with Crippen LogP contribution < -0.4 is 5.32 Å². The second-order valence-electron chi connectivity index (χ2n) is 3.25. The number of aromatic nitrogens is 1. The van der Waals surface area contributed by atoms with Crippen molar-refractivity contribution < 1.29 is 4.79 Å². The highest BCUT2D eigenvalue weighted by atomic mass is 79.9. The molecular weight excluding hydrogens is 282 g/mol. The maximum absolute atomic E-state index is 11.9. The number of rotatable bonds is 4. The van der Waals surface area contributed by atoms with Crippen molar-refractivity contribution >= 4 is 28.1 Å². The molecule has 1 aromatic heterocycles. The van der Waals surface area contributed by atoms with Crippen molar-refractivity contribution in [1.29, 1.82) is 0 Å². The second-order valence-corrected chi connectivity index (χ2v) is 4.07.